The summed E-state index contributed by atoms with van der Waals surface area (Å²) in [5.41, 5.74) is 11.4. The molecule has 6 aromatic carbocycles. The lowest BCUT2D eigenvalue weighted by atomic mass is 9.99. The highest BCUT2D eigenvalue weighted by molar-refractivity contribution is 6.22. The molecule has 4 aromatic heterocycles. The van der Waals surface area contributed by atoms with Crippen LogP contribution >= 0.6 is 0 Å². The van der Waals surface area contributed by atoms with E-state index in [-0.39, 0.29) is 0 Å². The Balaban J connectivity index is 1.31. The van der Waals surface area contributed by atoms with Crippen LogP contribution in [-0.4, -0.2) is 19.1 Å². The molecule has 224 valence electrons. The van der Waals surface area contributed by atoms with Gasteiger partial charge in [-0.05, 0) is 83.2 Å². The predicted molar refractivity (Wildman–Crippen MR) is 199 cm³/mol. The molecule has 4 heterocycles. The summed E-state index contributed by atoms with van der Waals surface area (Å²) in [6.07, 6.45) is 7.51. The van der Waals surface area contributed by atoms with Crippen molar-refractivity contribution < 1.29 is 0 Å². The molecule has 4 heteroatoms. The number of fused-ring (bicyclic) bond motifs is 8. The van der Waals surface area contributed by atoms with Gasteiger partial charge in [0.15, 0.2) is 0 Å². The van der Waals surface area contributed by atoms with Crippen LogP contribution in [0, 0.1) is 0 Å². The van der Waals surface area contributed by atoms with E-state index >= 15 is 0 Å². The van der Waals surface area contributed by atoms with Crippen LogP contribution in [0.25, 0.3) is 88.0 Å². The summed E-state index contributed by atoms with van der Waals surface area (Å²) in [6.45, 7) is 0. The summed E-state index contributed by atoms with van der Waals surface area (Å²) in [4.78, 5) is 8.88. The first-order valence-corrected chi connectivity index (χ1v) is 16.2. The van der Waals surface area contributed by atoms with Crippen LogP contribution in [0.1, 0.15) is 0 Å². The average molecular weight is 613 g/mol. The lowest BCUT2D eigenvalue weighted by molar-refractivity contribution is 1.18. The van der Waals surface area contributed by atoms with Crippen molar-refractivity contribution in [2.45, 2.75) is 0 Å². The zero-order valence-electron chi connectivity index (χ0n) is 26.0. The second-order valence-electron chi connectivity index (χ2n) is 12.3. The van der Waals surface area contributed by atoms with Crippen molar-refractivity contribution in [3.63, 3.8) is 0 Å². The molecule has 0 aliphatic rings. The van der Waals surface area contributed by atoms with E-state index in [1.807, 2.05) is 36.9 Å². The van der Waals surface area contributed by atoms with Gasteiger partial charge in [-0.15, -0.1) is 0 Å². The smallest absolute Gasteiger partial charge is 0.0619 e. The van der Waals surface area contributed by atoms with Crippen LogP contribution < -0.4 is 0 Å². The number of benzene rings is 6. The fourth-order valence-electron chi connectivity index (χ4n) is 7.51. The Hall–Kier alpha value is -6.52. The third kappa shape index (κ3) is 4.03. The SMILES string of the molecule is c1ccc(-n2c3ccccc3c3ccc4cc5c(cc4c32)c2ccccc2n5-c2cc(-c3cccnc3)cc(-c3cccnc3)c2)cc1. The van der Waals surface area contributed by atoms with E-state index in [1.54, 1.807) is 0 Å². The van der Waals surface area contributed by atoms with E-state index in [0.717, 1.165) is 33.6 Å². The summed E-state index contributed by atoms with van der Waals surface area (Å²) >= 11 is 0. The molecule has 0 aliphatic carbocycles. The number of aromatic nitrogens is 4. The van der Waals surface area contributed by atoms with Gasteiger partial charge in [0.25, 0.3) is 0 Å². The molecule has 0 amide bonds. The maximum absolute atomic E-state index is 4.44. The first-order chi connectivity index (χ1) is 23.8. The van der Waals surface area contributed by atoms with Crippen molar-refractivity contribution in [2.75, 3.05) is 0 Å². The van der Waals surface area contributed by atoms with Crippen LogP contribution in [0.4, 0.5) is 0 Å². The van der Waals surface area contributed by atoms with Gasteiger partial charge < -0.3 is 9.13 Å². The van der Waals surface area contributed by atoms with Crippen LogP contribution in [0.15, 0.2) is 170 Å². The van der Waals surface area contributed by atoms with Crippen LogP contribution in [0.3, 0.4) is 0 Å². The van der Waals surface area contributed by atoms with Gasteiger partial charge in [0.05, 0.1) is 22.1 Å². The molecule has 10 aromatic rings. The molecule has 0 spiro atoms. The van der Waals surface area contributed by atoms with Gasteiger partial charge in [-0.1, -0.05) is 78.9 Å². The molecular weight excluding hydrogens is 585 g/mol. The van der Waals surface area contributed by atoms with E-state index in [9.17, 15) is 0 Å². The minimum atomic E-state index is 1.08. The van der Waals surface area contributed by atoms with Crippen molar-refractivity contribution in [3.05, 3.63) is 170 Å². The molecule has 0 N–H and O–H groups in total. The second-order valence-corrected chi connectivity index (χ2v) is 12.3. The number of hydrogen-bond donors (Lipinski definition) is 0. The van der Waals surface area contributed by atoms with Crippen molar-refractivity contribution >= 4 is 54.4 Å². The van der Waals surface area contributed by atoms with Gasteiger partial charge in [-0.2, -0.15) is 0 Å². The van der Waals surface area contributed by atoms with Gasteiger partial charge in [0.1, 0.15) is 0 Å². The highest BCUT2D eigenvalue weighted by Crippen LogP contribution is 2.41. The van der Waals surface area contributed by atoms with Crippen LogP contribution in [0.5, 0.6) is 0 Å². The summed E-state index contributed by atoms with van der Waals surface area (Å²) in [6, 6.07) is 52.6. The van der Waals surface area contributed by atoms with Crippen LogP contribution in [0.2, 0.25) is 0 Å². The normalized spacial score (nSPS) is 11.8. The molecule has 0 unspecified atom stereocenters. The number of nitrogens with zero attached hydrogens (tertiary/aromatic N) is 4. The Kier molecular flexibility index (Phi) is 5.84. The lowest BCUT2D eigenvalue weighted by Gasteiger charge is -2.14. The van der Waals surface area contributed by atoms with E-state index in [4.69, 9.17) is 0 Å². The van der Waals surface area contributed by atoms with Crippen LogP contribution in [-0.2, 0) is 0 Å². The minimum absolute atomic E-state index is 1.08. The monoisotopic (exact) mass is 612 g/mol. The first-order valence-electron chi connectivity index (χ1n) is 16.2. The van der Waals surface area contributed by atoms with E-state index in [1.165, 1.54) is 54.4 Å². The van der Waals surface area contributed by atoms with Gasteiger partial charge >= 0.3 is 0 Å². The molecule has 0 radical (unpaired) electrons. The Morgan fingerprint density at radius 3 is 1.65 bits per heavy atom. The number of hydrogen-bond acceptors (Lipinski definition) is 2. The molecular formula is C44H28N4. The molecule has 10 rings (SSSR count). The second kappa shape index (κ2) is 10.5. The summed E-state index contributed by atoms with van der Waals surface area (Å²) in [7, 11) is 0. The van der Waals surface area contributed by atoms with Gasteiger partial charge in [0.2, 0.25) is 0 Å². The van der Waals surface area contributed by atoms with E-state index < -0.39 is 0 Å². The maximum Gasteiger partial charge on any atom is 0.0619 e. The van der Waals surface area contributed by atoms with Crippen molar-refractivity contribution in [1.82, 2.24) is 19.1 Å². The molecule has 48 heavy (non-hydrogen) atoms. The third-order valence-electron chi connectivity index (χ3n) is 9.62. The summed E-state index contributed by atoms with van der Waals surface area (Å²) in [5, 5.41) is 7.41. The third-order valence-corrected chi connectivity index (χ3v) is 9.62. The Morgan fingerprint density at radius 2 is 0.979 bits per heavy atom. The molecule has 4 nitrogen and oxygen atoms in total. The van der Waals surface area contributed by atoms with Gasteiger partial charge in [0, 0.05) is 74.2 Å². The summed E-state index contributed by atoms with van der Waals surface area (Å²) in [5.74, 6) is 0. The molecule has 0 saturated carbocycles. The molecule has 0 saturated heterocycles. The quantitative estimate of drug-likeness (QED) is 0.198. The topological polar surface area (TPSA) is 35.6 Å². The highest BCUT2D eigenvalue weighted by Gasteiger charge is 2.19. The number of pyridine rings is 2. The molecule has 0 bridgehead atoms. The Labute approximate surface area is 276 Å². The molecule has 0 fully saturated rings. The van der Waals surface area contributed by atoms with Crippen molar-refractivity contribution in [2.24, 2.45) is 0 Å². The molecule has 0 atom stereocenters. The van der Waals surface area contributed by atoms with Crippen molar-refractivity contribution in [1.29, 1.82) is 0 Å². The maximum atomic E-state index is 4.44. The van der Waals surface area contributed by atoms with Gasteiger partial charge in [-0.3, -0.25) is 9.97 Å². The molecule has 0 aliphatic heterocycles. The fraction of sp³-hybridized carbons (Fsp3) is 0. The average Bonchev–Trinajstić information content (AvgIpc) is 3.67. The number of para-hydroxylation sites is 3. The number of rotatable bonds is 4. The standard InChI is InChI=1S/C44H28N4/c1-2-12-34(13-3-1)48-42-17-7-4-14-36(42)38-19-18-29-25-43-40(26-39(29)44(38)48)37-15-5-6-16-41(37)47(43)35-23-32(30-10-8-20-45-27-30)22-33(24-35)31-11-9-21-46-28-31/h1-28H. The zero-order chi connectivity index (χ0) is 31.6. The van der Waals surface area contributed by atoms with E-state index in [2.05, 4.69) is 153 Å². The Morgan fingerprint density at radius 1 is 0.354 bits per heavy atom. The minimum Gasteiger partial charge on any atom is -0.309 e. The highest BCUT2D eigenvalue weighted by atomic mass is 15.0. The summed E-state index contributed by atoms with van der Waals surface area (Å²) < 4.78 is 4.84. The van der Waals surface area contributed by atoms with Gasteiger partial charge in [-0.25, -0.2) is 0 Å². The first kappa shape index (κ1) is 26.7. The zero-order valence-corrected chi connectivity index (χ0v) is 26.0. The lowest BCUT2D eigenvalue weighted by Crippen LogP contribution is -1.97. The predicted octanol–water partition coefficient (Wildman–Crippen LogP) is 11.2. The largest absolute Gasteiger partial charge is 0.309 e. The Bertz CT molecular complexity index is 2760. The van der Waals surface area contributed by atoms with E-state index in [0.29, 0.717) is 0 Å². The fourth-order valence-corrected chi connectivity index (χ4v) is 7.51. The van der Waals surface area contributed by atoms with Crippen molar-refractivity contribution in [3.8, 4) is 33.6 Å².